The summed E-state index contributed by atoms with van der Waals surface area (Å²) >= 11 is 0. The highest BCUT2D eigenvalue weighted by Gasteiger charge is 2.13. The van der Waals surface area contributed by atoms with Crippen LogP contribution in [0.4, 0.5) is 0 Å². The van der Waals surface area contributed by atoms with Crippen LogP contribution in [0.1, 0.15) is 49.9 Å². The van der Waals surface area contributed by atoms with Crippen molar-refractivity contribution in [2.75, 3.05) is 13.6 Å². The van der Waals surface area contributed by atoms with Crippen LogP contribution in [0, 0.1) is 0 Å². The molecule has 0 bridgehead atoms. The zero-order valence-electron chi connectivity index (χ0n) is 16.6. The van der Waals surface area contributed by atoms with Gasteiger partial charge in [0.05, 0.1) is 12.2 Å². The second-order valence-electron chi connectivity index (χ2n) is 6.38. The Bertz CT molecular complexity index is 885. The van der Waals surface area contributed by atoms with E-state index in [2.05, 4.69) is 44.8 Å². The Morgan fingerprint density at radius 2 is 2.04 bits per heavy atom. The predicted molar refractivity (Wildman–Crippen MR) is 120 cm³/mol. The summed E-state index contributed by atoms with van der Waals surface area (Å²) < 4.78 is 7.43. The molecule has 0 aromatic carbocycles. The van der Waals surface area contributed by atoms with E-state index in [9.17, 15) is 0 Å². The van der Waals surface area contributed by atoms with Crippen LogP contribution in [0.5, 0.6) is 0 Å². The van der Waals surface area contributed by atoms with Crippen LogP contribution >= 0.6 is 24.0 Å². The third-order valence-electron chi connectivity index (χ3n) is 4.66. The first-order valence-electron chi connectivity index (χ1n) is 9.43. The van der Waals surface area contributed by atoms with Gasteiger partial charge in [-0.05, 0) is 25.0 Å². The SMILES string of the molecule is CCC(CC)c1cc(CNC(=NC)NCCc2nnc3ccccn23)on1.I. The van der Waals surface area contributed by atoms with Crippen molar-refractivity contribution in [1.82, 2.24) is 30.4 Å². The van der Waals surface area contributed by atoms with Crippen molar-refractivity contribution in [2.45, 2.75) is 45.6 Å². The Balaban J connectivity index is 0.00000280. The zero-order chi connectivity index (χ0) is 19.1. The minimum Gasteiger partial charge on any atom is -0.359 e. The molecule has 0 saturated carbocycles. The highest BCUT2D eigenvalue weighted by Crippen LogP contribution is 2.22. The number of pyridine rings is 1. The Kier molecular flexibility index (Phi) is 8.68. The maximum absolute atomic E-state index is 5.44. The molecule has 0 fully saturated rings. The molecular formula is C19H28IN7O. The van der Waals surface area contributed by atoms with Gasteiger partial charge in [0.15, 0.2) is 17.4 Å². The lowest BCUT2D eigenvalue weighted by atomic mass is 9.99. The number of guanidine groups is 1. The van der Waals surface area contributed by atoms with E-state index in [0.717, 1.165) is 42.2 Å². The summed E-state index contributed by atoms with van der Waals surface area (Å²) in [4.78, 5) is 4.25. The lowest BCUT2D eigenvalue weighted by Crippen LogP contribution is -2.37. The molecule has 152 valence electrons. The van der Waals surface area contributed by atoms with Crippen LogP contribution < -0.4 is 10.6 Å². The Hall–Kier alpha value is -2.17. The van der Waals surface area contributed by atoms with E-state index >= 15 is 0 Å². The second kappa shape index (κ2) is 11.0. The van der Waals surface area contributed by atoms with Gasteiger partial charge >= 0.3 is 0 Å². The molecule has 0 aliphatic carbocycles. The number of nitrogens with one attached hydrogen (secondary N) is 2. The molecule has 28 heavy (non-hydrogen) atoms. The number of fused-ring (bicyclic) bond motifs is 1. The molecule has 3 aromatic heterocycles. The second-order valence-corrected chi connectivity index (χ2v) is 6.38. The van der Waals surface area contributed by atoms with Gasteiger partial charge in [-0.1, -0.05) is 25.1 Å². The van der Waals surface area contributed by atoms with Crippen LogP contribution in [0.15, 0.2) is 40.0 Å². The molecule has 9 heteroatoms. The third-order valence-corrected chi connectivity index (χ3v) is 4.66. The summed E-state index contributed by atoms with van der Waals surface area (Å²) in [5.74, 6) is 2.89. The van der Waals surface area contributed by atoms with Crippen molar-refractivity contribution in [2.24, 2.45) is 4.99 Å². The van der Waals surface area contributed by atoms with Gasteiger partial charge in [-0.3, -0.25) is 9.39 Å². The van der Waals surface area contributed by atoms with Crippen LogP contribution in [0.25, 0.3) is 5.65 Å². The third kappa shape index (κ3) is 5.43. The highest BCUT2D eigenvalue weighted by atomic mass is 127. The smallest absolute Gasteiger partial charge is 0.191 e. The quantitative estimate of drug-likeness (QED) is 0.282. The monoisotopic (exact) mass is 497 g/mol. The van der Waals surface area contributed by atoms with Crippen molar-refractivity contribution in [3.8, 4) is 0 Å². The standard InChI is InChI=1S/C19H27N7O.HI/c1-4-14(5-2)16-12-15(27-25-16)13-22-19(20-3)21-10-9-18-24-23-17-8-6-7-11-26(17)18;/h6-8,11-12,14H,4-5,9-10,13H2,1-3H3,(H2,20,21,22);1H. The Morgan fingerprint density at radius 1 is 1.21 bits per heavy atom. The maximum Gasteiger partial charge on any atom is 0.191 e. The van der Waals surface area contributed by atoms with Gasteiger partial charge in [-0.25, -0.2) is 0 Å². The van der Waals surface area contributed by atoms with Crippen LogP contribution in [0.2, 0.25) is 0 Å². The lowest BCUT2D eigenvalue weighted by molar-refractivity contribution is 0.368. The summed E-state index contributed by atoms with van der Waals surface area (Å²) in [6, 6.07) is 7.90. The fourth-order valence-corrected chi connectivity index (χ4v) is 3.06. The molecule has 3 aromatic rings. The number of aromatic nitrogens is 4. The maximum atomic E-state index is 5.44. The number of hydrogen-bond acceptors (Lipinski definition) is 5. The molecule has 2 N–H and O–H groups in total. The van der Waals surface area contributed by atoms with Crippen molar-refractivity contribution in [3.63, 3.8) is 0 Å². The molecule has 8 nitrogen and oxygen atoms in total. The first-order chi connectivity index (χ1) is 13.2. The molecule has 0 radical (unpaired) electrons. The topological polar surface area (TPSA) is 92.6 Å². The molecule has 0 amide bonds. The average molecular weight is 497 g/mol. The summed E-state index contributed by atoms with van der Waals surface area (Å²) in [5.41, 5.74) is 1.88. The van der Waals surface area contributed by atoms with Gasteiger partial charge in [0.2, 0.25) is 0 Å². The molecule has 0 aliphatic rings. The van der Waals surface area contributed by atoms with E-state index in [4.69, 9.17) is 4.52 Å². The van der Waals surface area contributed by atoms with E-state index in [1.807, 2.05) is 34.9 Å². The first-order valence-corrected chi connectivity index (χ1v) is 9.43. The molecule has 0 spiro atoms. The van der Waals surface area contributed by atoms with Gasteiger partial charge in [0.1, 0.15) is 5.82 Å². The summed E-state index contributed by atoms with van der Waals surface area (Å²) in [6.45, 7) is 5.59. The van der Waals surface area contributed by atoms with Gasteiger partial charge in [-0.2, -0.15) is 0 Å². The van der Waals surface area contributed by atoms with Crippen molar-refractivity contribution in [1.29, 1.82) is 0 Å². The van der Waals surface area contributed by atoms with E-state index in [-0.39, 0.29) is 24.0 Å². The van der Waals surface area contributed by atoms with E-state index < -0.39 is 0 Å². The van der Waals surface area contributed by atoms with Gasteiger partial charge in [0.25, 0.3) is 0 Å². The van der Waals surface area contributed by atoms with E-state index in [0.29, 0.717) is 25.0 Å². The molecule has 0 aliphatic heterocycles. The van der Waals surface area contributed by atoms with Crippen molar-refractivity contribution in [3.05, 3.63) is 47.7 Å². The lowest BCUT2D eigenvalue weighted by Gasteiger charge is -2.10. The largest absolute Gasteiger partial charge is 0.359 e. The minimum atomic E-state index is 0. The van der Waals surface area contributed by atoms with Gasteiger partial charge in [-0.15, -0.1) is 34.2 Å². The van der Waals surface area contributed by atoms with E-state index in [1.165, 1.54) is 0 Å². The van der Waals surface area contributed by atoms with E-state index in [1.54, 1.807) is 7.05 Å². The Labute approximate surface area is 182 Å². The normalized spacial score (nSPS) is 11.6. The molecule has 3 rings (SSSR count). The molecular weight excluding hydrogens is 469 g/mol. The number of hydrogen-bond donors (Lipinski definition) is 2. The summed E-state index contributed by atoms with van der Waals surface area (Å²) in [5, 5.41) is 19.1. The van der Waals surface area contributed by atoms with Gasteiger partial charge in [0, 0.05) is 38.2 Å². The van der Waals surface area contributed by atoms with Crippen LogP contribution in [0.3, 0.4) is 0 Å². The zero-order valence-corrected chi connectivity index (χ0v) is 18.9. The molecule has 3 heterocycles. The Morgan fingerprint density at radius 3 is 2.79 bits per heavy atom. The fraction of sp³-hybridized carbons (Fsp3) is 0.474. The molecule has 0 atom stereocenters. The fourth-order valence-electron chi connectivity index (χ4n) is 3.06. The number of rotatable bonds is 8. The van der Waals surface area contributed by atoms with Crippen LogP contribution in [-0.4, -0.2) is 39.3 Å². The van der Waals surface area contributed by atoms with Crippen molar-refractivity contribution >= 4 is 35.6 Å². The minimum absolute atomic E-state index is 0. The van der Waals surface area contributed by atoms with Crippen molar-refractivity contribution < 1.29 is 4.52 Å². The highest BCUT2D eigenvalue weighted by molar-refractivity contribution is 14.0. The molecule has 0 saturated heterocycles. The molecule has 0 unspecified atom stereocenters. The number of halogens is 1. The van der Waals surface area contributed by atoms with Gasteiger partial charge < -0.3 is 15.2 Å². The number of nitrogens with zero attached hydrogens (tertiary/aromatic N) is 5. The average Bonchev–Trinajstić information content (AvgIpc) is 3.33. The number of aliphatic imine (C=N–C) groups is 1. The van der Waals surface area contributed by atoms with Crippen LogP contribution in [-0.2, 0) is 13.0 Å². The first kappa shape index (κ1) is 22.1. The summed E-state index contributed by atoms with van der Waals surface area (Å²) in [7, 11) is 1.75. The predicted octanol–water partition coefficient (Wildman–Crippen LogP) is 3.15. The summed E-state index contributed by atoms with van der Waals surface area (Å²) in [6.07, 6.45) is 4.85.